The summed E-state index contributed by atoms with van der Waals surface area (Å²) >= 11 is 11.3. The Balaban J connectivity index is 2.18. The zero-order chi connectivity index (χ0) is 11.0. The molecule has 1 N–H and O–H groups in total. The lowest BCUT2D eigenvalue weighted by atomic mass is 10.1. The number of carbonyl (C=O) groups is 1. The number of amides is 1. The Hall–Kier alpha value is -0.840. The number of pyridine rings is 1. The number of halogens is 2. The van der Waals surface area contributed by atoms with Crippen LogP contribution < -0.4 is 0 Å². The topological polar surface area (TPSA) is 53.4 Å². The van der Waals surface area contributed by atoms with Crippen LogP contribution in [0.1, 0.15) is 10.4 Å². The largest absolute Gasteiger partial charge is 0.389 e. The maximum atomic E-state index is 11.7. The smallest absolute Gasteiger partial charge is 0.254 e. The minimum Gasteiger partial charge on any atom is -0.389 e. The minimum absolute atomic E-state index is 0.187. The first-order valence-electron chi connectivity index (χ1n) is 4.36. The van der Waals surface area contributed by atoms with Gasteiger partial charge in [-0.05, 0) is 12.1 Å². The van der Waals surface area contributed by atoms with Gasteiger partial charge in [-0.1, -0.05) is 23.2 Å². The Morgan fingerprint density at radius 1 is 1.40 bits per heavy atom. The molecule has 2 rings (SSSR count). The first kappa shape index (κ1) is 10.7. The van der Waals surface area contributed by atoms with E-state index in [2.05, 4.69) is 4.98 Å². The fraction of sp³-hybridized carbons (Fsp3) is 0.333. The van der Waals surface area contributed by atoms with E-state index in [1.807, 2.05) is 0 Å². The first-order valence-corrected chi connectivity index (χ1v) is 5.12. The molecule has 0 saturated carbocycles. The van der Waals surface area contributed by atoms with E-state index in [9.17, 15) is 4.79 Å². The molecule has 1 aromatic heterocycles. The highest BCUT2D eigenvalue weighted by Gasteiger charge is 2.29. The van der Waals surface area contributed by atoms with E-state index in [0.717, 1.165) is 0 Å². The van der Waals surface area contributed by atoms with Gasteiger partial charge in [-0.3, -0.25) is 4.79 Å². The predicted molar refractivity (Wildman–Crippen MR) is 56.2 cm³/mol. The van der Waals surface area contributed by atoms with Crippen molar-refractivity contribution >= 4 is 29.1 Å². The van der Waals surface area contributed by atoms with Crippen LogP contribution in [0.3, 0.4) is 0 Å². The number of hydrogen-bond acceptors (Lipinski definition) is 3. The van der Waals surface area contributed by atoms with Crippen LogP contribution in [0, 0.1) is 0 Å². The van der Waals surface area contributed by atoms with E-state index in [1.54, 1.807) is 0 Å². The van der Waals surface area contributed by atoms with Crippen molar-refractivity contribution in [1.29, 1.82) is 0 Å². The summed E-state index contributed by atoms with van der Waals surface area (Å²) in [6.45, 7) is 0.715. The molecule has 4 nitrogen and oxygen atoms in total. The van der Waals surface area contributed by atoms with Gasteiger partial charge in [0.2, 0.25) is 0 Å². The number of aliphatic hydroxyl groups excluding tert-OH is 1. The number of hydrogen-bond donors (Lipinski definition) is 1. The Morgan fingerprint density at radius 3 is 2.40 bits per heavy atom. The standard InChI is InChI=1S/C9H8Cl2N2O2/c10-7-1-5(2-8(11)12-7)9(15)13-3-6(14)4-13/h1-2,6,14H,3-4H2. The summed E-state index contributed by atoms with van der Waals surface area (Å²) in [6.07, 6.45) is -0.415. The van der Waals surface area contributed by atoms with Gasteiger partial charge >= 0.3 is 0 Å². The molecule has 1 aromatic rings. The fourth-order valence-electron chi connectivity index (χ4n) is 1.39. The van der Waals surface area contributed by atoms with Crippen LogP contribution in [0.2, 0.25) is 10.3 Å². The van der Waals surface area contributed by atoms with E-state index in [1.165, 1.54) is 17.0 Å². The van der Waals surface area contributed by atoms with Gasteiger partial charge in [-0.2, -0.15) is 0 Å². The van der Waals surface area contributed by atoms with Crippen LogP contribution in [0.4, 0.5) is 0 Å². The van der Waals surface area contributed by atoms with E-state index >= 15 is 0 Å². The maximum absolute atomic E-state index is 11.7. The molecule has 1 fully saturated rings. The number of aromatic nitrogens is 1. The highest BCUT2D eigenvalue weighted by Crippen LogP contribution is 2.18. The van der Waals surface area contributed by atoms with Crippen LogP contribution in [0.15, 0.2) is 12.1 Å². The van der Waals surface area contributed by atoms with Gasteiger partial charge < -0.3 is 10.0 Å². The molecule has 0 spiro atoms. The Bertz CT molecular complexity index is 385. The van der Waals surface area contributed by atoms with Crippen molar-refractivity contribution in [2.75, 3.05) is 13.1 Å². The highest BCUT2D eigenvalue weighted by molar-refractivity contribution is 6.33. The van der Waals surface area contributed by atoms with Crippen LogP contribution in [-0.4, -0.2) is 40.1 Å². The van der Waals surface area contributed by atoms with Crippen LogP contribution in [0.25, 0.3) is 0 Å². The third-order valence-corrected chi connectivity index (χ3v) is 2.55. The van der Waals surface area contributed by atoms with Crippen molar-refractivity contribution in [2.24, 2.45) is 0 Å². The zero-order valence-electron chi connectivity index (χ0n) is 7.65. The molecule has 0 radical (unpaired) electrons. The van der Waals surface area contributed by atoms with Crippen molar-refractivity contribution in [3.05, 3.63) is 28.0 Å². The highest BCUT2D eigenvalue weighted by atomic mass is 35.5. The zero-order valence-corrected chi connectivity index (χ0v) is 9.16. The quantitative estimate of drug-likeness (QED) is 0.759. The molecule has 0 bridgehead atoms. The molecule has 1 saturated heterocycles. The van der Waals surface area contributed by atoms with Gasteiger partial charge in [0.25, 0.3) is 5.91 Å². The third kappa shape index (κ3) is 2.22. The maximum Gasteiger partial charge on any atom is 0.254 e. The predicted octanol–water partition coefficient (Wildman–Crippen LogP) is 1.21. The second-order valence-electron chi connectivity index (χ2n) is 3.37. The van der Waals surface area contributed by atoms with Crippen molar-refractivity contribution in [2.45, 2.75) is 6.10 Å². The van der Waals surface area contributed by atoms with E-state index in [4.69, 9.17) is 28.3 Å². The van der Waals surface area contributed by atoms with E-state index < -0.39 is 6.10 Å². The second kappa shape index (κ2) is 3.96. The third-order valence-electron chi connectivity index (χ3n) is 2.16. The number of β-amino-alcohol motifs (C(OH)–C–C–N with tert-alkyl or cyclic N) is 1. The second-order valence-corrected chi connectivity index (χ2v) is 4.14. The molecular formula is C9H8Cl2N2O2. The molecule has 0 aromatic carbocycles. The number of carbonyl (C=O) groups excluding carboxylic acids is 1. The fourth-order valence-corrected chi connectivity index (χ4v) is 1.85. The first-order chi connectivity index (χ1) is 7.06. The normalized spacial score (nSPS) is 16.3. The van der Waals surface area contributed by atoms with Crippen molar-refractivity contribution in [1.82, 2.24) is 9.88 Å². The van der Waals surface area contributed by atoms with Crippen molar-refractivity contribution in [3.63, 3.8) is 0 Å². The van der Waals surface area contributed by atoms with E-state index in [0.29, 0.717) is 18.7 Å². The van der Waals surface area contributed by atoms with Gasteiger partial charge in [0.1, 0.15) is 10.3 Å². The molecule has 1 aliphatic heterocycles. The summed E-state index contributed by atoms with van der Waals surface area (Å²) in [5, 5.41) is 9.44. The van der Waals surface area contributed by atoms with Gasteiger partial charge in [0.05, 0.1) is 6.10 Å². The van der Waals surface area contributed by atoms with Crippen LogP contribution in [0.5, 0.6) is 0 Å². The average molecular weight is 247 g/mol. The summed E-state index contributed by atoms with van der Waals surface area (Å²) in [4.78, 5) is 17.0. The molecule has 0 unspecified atom stereocenters. The summed E-state index contributed by atoms with van der Waals surface area (Å²) in [7, 11) is 0. The van der Waals surface area contributed by atoms with Gasteiger partial charge in [0, 0.05) is 18.7 Å². The van der Waals surface area contributed by atoms with Gasteiger partial charge in [0.15, 0.2) is 0 Å². The molecule has 0 aliphatic carbocycles. The van der Waals surface area contributed by atoms with Gasteiger partial charge in [-0.25, -0.2) is 4.98 Å². The van der Waals surface area contributed by atoms with Crippen molar-refractivity contribution < 1.29 is 9.90 Å². The van der Waals surface area contributed by atoms with Crippen LogP contribution in [-0.2, 0) is 0 Å². The molecule has 80 valence electrons. The lowest BCUT2D eigenvalue weighted by molar-refractivity contribution is 0.00589. The summed E-state index contributed by atoms with van der Waals surface area (Å²) in [6, 6.07) is 2.92. The lowest BCUT2D eigenvalue weighted by Gasteiger charge is -2.35. The molecule has 1 amide bonds. The number of likely N-dealkylation sites (tertiary alicyclic amines) is 1. The average Bonchev–Trinajstić information content (AvgIpc) is 2.10. The Kier molecular flexibility index (Phi) is 2.82. The molecule has 6 heteroatoms. The van der Waals surface area contributed by atoms with Gasteiger partial charge in [-0.15, -0.1) is 0 Å². The molecule has 0 atom stereocenters. The monoisotopic (exact) mass is 246 g/mol. The molecule has 15 heavy (non-hydrogen) atoms. The van der Waals surface area contributed by atoms with E-state index in [-0.39, 0.29) is 16.2 Å². The van der Waals surface area contributed by atoms with Crippen LogP contribution >= 0.6 is 23.2 Å². The van der Waals surface area contributed by atoms with Crippen molar-refractivity contribution in [3.8, 4) is 0 Å². The summed E-state index contributed by atoms with van der Waals surface area (Å²) in [5.74, 6) is -0.188. The lowest BCUT2D eigenvalue weighted by Crippen LogP contribution is -2.53. The number of rotatable bonds is 1. The number of aliphatic hydroxyl groups is 1. The molecule has 1 aliphatic rings. The molecule has 2 heterocycles. The molecular weight excluding hydrogens is 239 g/mol. The summed E-state index contributed by atoms with van der Waals surface area (Å²) < 4.78 is 0. The minimum atomic E-state index is -0.415. The Labute approximate surface area is 96.4 Å². The summed E-state index contributed by atoms with van der Waals surface area (Å²) in [5.41, 5.74) is 0.395. The number of nitrogens with zero attached hydrogens (tertiary/aromatic N) is 2. The Morgan fingerprint density at radius 2 is 1.93 bits per heavy atom. The SMILES string of the molecule is O=C(c1cc(Cl)nc(Cl)c1)N1CC(O)C1.